The molecular weight excluding hydrogens is 526 g/mol. The van der Waals surface area contributed by atoms with E-state index in [1.54, 1.807) is 7.11 Å². The van der Waals surface area contributed by atoms with Crippen molar-refractivity contribution in [1.82, 2.24) is 20.1 Å². The standard InChI is InChI=1S/C34H41N5O3/c1-23(30-21-35-31-14-6-5-13-29(30)31)32(33(40)36-27-11-7-9-24(19-27)22-38(2)3)37-34(41)39-17-15-25(16-18-39)26-10-8-12-28(20-26)42-4/h5-14,19-21,23,25,32,35H,15-18,22H2,1-4H3,(H,36,40)(H,37,41)/t23-,32-/m1/s1. The van der Waals surface area contributed by atoms with Crippen LogP contribution in [0.3, 0.4) is 0 Å². The van der Waals surface area contributed by atoms with Crippen molar-refractivity contribution in [3.05, 3.63) is 95.7 Å². The Balaban J connectivity index is 1.33. The van der Waals surface area contributed by atoms with Gasteiger partial charge in [-0.1, -0.05) is 49.4 Å². The maximum Gasteiger partial charge on any atom is 0.318 e. The van der Waals surface area contributed by atoms with Gasteiger partial charge in [-0.15, -0.1) is 0 Å². The smallest absolute Gasteiger partial charge is 0.318 e. The highest BCUT2D eigenvalue weighted by atomic mass is 16.5. The van der Waals surface area contributed by atoms with Crippen LogP contribution in [0.5, 0.6) is 5.75 Å². The van der Waals surface area contributed by atoms with Gasteiger partial charge in [0.1, 0.15) is 11.8 Å². The lowest BCUT2D eigenvalue weighted by molar-refractivity contribution is -0.118. The summed E-state index contributed by atoms with van der Waals surface area (Å²) in [5.74, 6) is 0.696. The number of amides is 3. The van der Waals surface area contributed by atoms with E-state index in [4.69, 9.17) is 4.74 Å². The first-order valence-electron chi connectivity index (χ1n) is 14.6. The molecule has 5 rings (SSSR count). The van der Waals surface area contributed by atoms with E-state index in [1.807, 2.05) is 92.8 Å². The molecule has 1 aliphatic rings. The van der Waals surface area contributed by atoms with Crippen molar-refractivity contribution in [2.75, 3.05) is 39.6 Å². The molecule has 0 saturated carbocycles. The number of methoxy groups -OCH3 is 1. The first-order chi connectivity index (χ1) is 20.3. The number of carbonyl (C=O) groups is 2. The summed E-state index contributed by atoms with van der Waals surface area (Å²) in [4.78, 5) is 34.7. The summed E-state index contributed by atoms with van der Waals surface area (Å²) in [7, 11) is 5.70. The van der Waals surface area contributed by atoms with Gasteiger partial charge in [0.2, 0.25) is 5.91 Å². The molecule has 8 nitrogen and oxygen atoms in total. The van der Waals surface area contributed by atoms with E-state index in [9.17, 15) is 9.59 Å². The van der Waals surface area contributed by atoms with Crippen LogP contribution in [0.4, 0.5) is 10.5 Å². The molecule has 1 saturated heterocycles. The summed E-state index contributed by atoms with van der Waals surface area (Å²) in [5.41, 5.74) is 5.03. The molecule has 0 radical (unpaired) electrons. The minimum Gasteiger partial charge on any atom is -0.497 e. The van der Waals surface area contributed by atoms with Crippen LogP contribution in [0.1, 0.15) is 48.3 Å². The fourth-order valence-corrected chi connectivity index (χ4v) is 5.94. The van der Waals surface area contributed by atoms with Crippen molar-refractivity contribution in [3.8, 4) is 5.75 Å². The van der Waals surface area contributed by atoms with Gasteiger partial charge in [-0.05, 0) is 79.9 Å². The number of H-pyrrole nitrogens is 1. The summed E-state index contributed by atoms with van der Waals surface area (Å²) < 4.78 is 5.40. The number of fused-ring (bicyclic) bond motifs is 1. The Hall–Kier alpha value is -4.30. The van der Waals surface area contributed by atoms with Crippen molar-refractivity contribution in [2.24, 2.45) is 0 Å². The number of nitrogens with one attached hydrogen (secondary N) is 3. The first-order valence-corrected chi connectivity index (χ1v) is 14.6. The zero-order valence-electron chi connectivity index (χ0n) is 24.9. The summed E-state index contributed by atoms with van der Waals surface area (Å²) >= 11 is 0. The second-order valence-electron chi connectivity index (χ2n) is 11.5. The molecule has 42 heavy (non-hydrogen) atoms. The van der Waals surface area contributed by atoms with Crippen LogP contribution in [-0.4, -0.2) is 67.1 Å². The Morgan fingerprint density at radius 2 is 1.79 bits per heavy atom. The Kier molecular flexibility index (Phi) is 9.12. The third-order valence-electron chi connectivity index (χ3n) is 8.21. The van der Waals surface area contributed by atoms with Crippen LogP contribution in [-0.2, 0) is 11.3 Å². The van der Waals surface area contributed by atoms with Crippen molar-refractivity contribution >= 4 is 28.5 Å². The SMILES string of the molecule is COc1cccc(C2CCN(C(=O)N[C@@H](C(=O)Nc3cccc(CN(C)C)c3)[C@H](C)c3c[nH]c4ccccc34)CC2)c1. The average molecular weight is 568 g/mol. The Morgan fingerprint density at radius 1 is 1.02 bits per heavy atom. The third-order valence-corrected chi connectivity index (χ3v) is 8.21. The predicted molar refractivity (Wildman–Crippen MR) is 168 cm³/mol. The van der Waals surface area contributed by atoms with Crippen molar-refractivity contribution < 1.29 is 14.3 Å². The summed E-state index contributed by atoms with van der Waals surface area (Å²) in [6.45, 7) is 4.01. The number of hydrogen-bond acceptors (Lipinski definition) is 4. The quantitative estimate of drug-likeness (QED) is 0.234. The fourth-order valence-electron chi connectivity index (χ4n) is 5.94. The Bertz CT molecular complexity index is 1520. The topological polar surface area (TPSA) is 89.7 Å². The number of ether oxygens (including phenoxy) is 1. The fraction of sp³-hybridized carbons (Fsp3) is 0.353. The molecule has 220 valence electrons. The molecule has 0 bridgehead atoms. The van der Waals surface area contributed by atoms with Gasteiger partial charge in [-0.25, -0.2) is 4.79 Å². The van der Waals surface area contributed by atoms with Crippen molar-refractivity contribution in [3.63, 3.8) is 0 Å². The van der Waals surface area contributed by atoms with Gasteiger partial charge in [0.25, 0.3) is 0 Å². The maximum absolute atomic E-state index is 13.9. The largest absolute Gasteiger partial charge is 0.497 e. The van der Waals surface area contributed by atoms with Gasteiger partial charge < -0.3 is 30.2 Å². The summed E-state index contributed by atoms with van der Waals surface area (Å²) in [6, 6.07) is 23.1. The molecule has 0 spiro atoms. The number of benzene rings is 3. The number of nitrogens with zero attached hydrogens (tertiary/aromatic N) is 2. The van der Waals surface area contributed by atoms with Crippen LogP contribution in [0.15, 0.2) is 79.0 Å². The molecule has 1 aromatic heterocycles. The van der Waals surface area contributed by atoms with E-state index >= 15 is 0 Å². The van der Waals surface area contributed by atoms with Gasteiger partial charge >= 0.3 is 6.03 Å². The highest BCUT2D eigenvalue weighted by molar-refractivity contribution is 5.98. The van der Waals surface area contributed by atoms with Crippen LogP contribution >= 0.6 is 0 Å². The number of likely N-dealkylation sites (tertiary alicyclic amines) is 1. The van der Waals surface area contributed by atoms with Gasteiger partial charge in [0, 0.05) is 48.3 Å². The molecule has 4 aromatic rings. The van der Waals surface area contributed by atoms with Crippen LogP contribution in [0, 0.1) is 0 Å². The van der Waals surface area contributed by atoms with E-state index in [0.29, 0.717) is 24.7 Å². The van der Waals surface area contributed by atoms with Crippen LogP contribution in [0.2, 0.25) is 0 Å². The zero-order valence-corrected chi connectivity index (χ0v) is 24.9. The molecule has 1 fully saturated rings. The predicted octanol–water partition coefficient (Wildman–Crippen LogP) is 5.94. The number of piperidine rings is 1. The Labute approximate surface area is 248 Å². The van der Waals surface area contributed by atoms with Crippen molar-refractivity contribution in [1.29, 1.82) is 0 Å². The molecule has 3 aromatic carbocycles. The maximum atomic E-state index is 13.9. The van der Waals surface area contributed by atoms with Gasteiger partial charge in [0.15, 0.2) is 0 Å². The average Bonchev–Trinajstić information content (AvgIpc) is 3.43. The van der Waals surface area contributed by atoms with E-state index in [-0.39, 0.29) is 17.9 Å². The lowest BCUT2D eigenvalue weighted by atomic mass is 9.89. The zero-order chi connectivity index (χ0) is 29.6. The molecule has 8 heteroatoms. The number of aromatic nitrogens is 1. The molecule has 2 atom stereocenters. The molecule has 3 amide bonds. The minimum atomic E-state index is -0.773. The summed E-state index contributed by atoms with van der Waals surface area (Å²) in [6.07, 6.45) is 3.65. The second kappa shape index (κ2) is 13.1. The number of carbonyl (C=O) groups excluding carboxylic acids is 2. The van der Waals surface area contributed by atoms with Gasteiger partial charge in [-0.2, -0.15) is 0 Å². The molecule has 1 aliphatic heterocycles. The molecule has 2 heterocycles. The summed E-state index contributed by atoms with van der Waals surface area (Å²) in [5, 5.41) is 7.24. The van der Waals surface area contributed by atoms with E-state index in [1.165, 1.54) is 5.56 Å². The Morgan fingerprint density at radius 3 is 2.55 bits per heavy atom. The number of rotatable bonds is 9. The normalized spacial score (nSPS) is 15.4. The monoisotopic (exact) mass is 567 g/mol. The number of hydrogen-bond donors (Lipinski definition) is 3. The number of para-hydroxylation sites is 1. The molecular formula is C34H41N5O3. The number of anilines is 1. The van der Waals surface area contributed by atoms with Crippen molar-refractivity contribution in [2.45, 2.75) is 44.2 Å². The second-order valence-corrected chi connectivity index (χ2v) is 11.5. The highest BCUT2D eigenvalue weighted by Gasteiger charge is 2.32. The lowest BCUT2D eigenvalue weighted by Crippen LogP contribution is -2.53. The minimum absolute atomic E-state index is 0.215. The lowest BCUT2D eigenvalue weighted by Gasteiger charge is -2.34. The highest BCUT2D eigenvalue weighted by Crippen LogP contribution is 2.31. The number of aromatic amines is 1. The van der Waals surface area contributed by atoms with E-state index in [0.717, 1.165) is 47.2 Å². The molecule has 0 unspecified atom stereocenters. The third kappa shape index (κ3) is 6.77. The molecule has 0 aliphatic carbocycles. The first kappa shape index (κ1) is 29.2. The molecule has 3 N–H and O–H groups in total. The van der Waals surface area contributed by atoms with Gasteiger partial charge in [-0.3, -0.25) is 4.79 Å². The van der Waals surface area contributed by atoms with Crippen LogP contribution in [0.25, 0.3) is 10.9 Å². The number of urea groups is 1. The van der Waals surface area contributed by atoms with Gasteiger partial charge in [0.05, 0.1) is 7.11 Å². The van der Waals surface area contributed by atoms with E-state index < -0.39 is 6.04 Å². The van der Waals surface area contributed by atoms with Crippen LogP contribution < -0.4 is 15.4 Å². The van der Waals surface area contributed by atoms with E-state index in [2.05, 4.69) is 32.7 Å².